The number of carbonyl (C=O) groups excluding carboxylic acids is 1. The zero-order valence-electron chi connectivity index (χ0n) is 15.8. The first-order valence-corrected chi connectivity index (χ1v) is 9.28. The number of hydrogen-bond donors (Lipinski definition) is 2. The number of ether oxygens (including phenoxy) is 1. The van der Waals surface area contributed by atoms with Crippen molar-refractivity contribution < 1.29 is 9.53 Å². The summed E-state index contributed by atoms with van der Waals surface area (Å²) in [6.07, 6.45) is 2.20. The number of aromatic amines is 2. The first-order chi connectivity index (χ1) is 14.0. The highest BCUT2D eigenvalue weighted by Crippen LogP contribution is 2.27. The van der Waals surface area contributed by atoms with Gasteiger partial charge in [-0.15, -0.1) is 0 Å². The number of amides is 1. The first-order valence-electron chi connectivity index (χ1n) is 9.28. The van der Waals surface area contributed by atoms with Crippen LogP contribution in [0.5, 0.6) is 5.75 Å². The largest absolute Gasteiger partial charge is 0.497 e. The minimum absolute atomic E-state index is 0.0931. The predicted molar refractivity (Wildman–Crippen MR) is 107 cm³/mol. The van der Waals surface area contributed by atoms with E-state index in [1.165, 1.54) is 12.3 Å². The lowest BCUT2D eigenvalue weighted by Gasteiger charge is -2.17. The summed E-state index contributed by atoms with van der Waals surface area (Å²) < 4.78 is 5.19. The van der Waals surface area contributed by atoms with Crippen molar-refractivity contribution >= 4 is 5.91 Å². The zero-order valence-corrected chi connectivity index (χ0v) is 15.8. The molecule has 148 valence electrons. The van der Waals surface area contributed by atoms with Crippen molar-refractivity contribution in [2.45, 2.75) is 12.3 Å². The van der Waals surface area contributed by atoms with Crippen LogP contribution in [0, 0.1) is 0 Å². The molecule has 0 saturated carbocycles. The molecule has 3 heterocycles. The third kappa shape index (κ3) is 3.82. The fourth-order valence-corrected chi connectivity index (χ4v) is 3.54. The number of methoxy groups -OCH3 is 1. The quantitative estimate of drug-likeness (QED) is 0.703. The van der Waals surface area contributed by atoms with Gasteiger partial charge >= 0.3 is 0 Å². The van der Waals surface area contributed by atoms with Crippen molar-refractivity contribution in [2.75, 3.05) is 20.2 Å². The SMILES string of the molecule is COc1cccc(C(=O)N2CC[C@H](c3nc(-c4ccc[nH]c4=O)cc(=O)[nH]3)C2)c1. The van der Waals surface area contributed by atoms with Gasteiger partial charge in [-0.25, -0.2) is 4.98 Å². The monoisotopic (exact) mass is 392 g/mol. The standard InChI is InChI=1S/C21H20N4O4/c1-29-15-5-2-4-13(10-15)21(28)25-9-7-14(12-25)19-23-17(11-18(26)24-19)16-6-3-8-22-20(16)27/h2-6,8,10-11,14H,7,9,12H2,1H3,(H,22,27)(H,23,24,26)/t14-/m0/s1. The molecular weight excluding hydrogens is 372 g/mol. The predicted octanol–water partition coefficient (Wildman–Crippen LogP) is 1.76. The van der Waals surface area contributed by atoms with Crippen LogP contribution in [-0.4, -0.2) is 46.0 Å². The number of nitrogens with zero attached hydrogens (tertiary/aromatic N) is 2. The summed E-state index contributed by atoms with van der Waals surface area (Å²) in [6.45, 7) is 0.994. The van der Waals surface area contributed by atoms with Crippen molar-refractivity contribution in [1.82, 2.24) is 19.9 Å². The van der Waals surface area contributed by atoms with Crippen molar-refractivity contribution in [3.63, 3.8) is 0 Å². The summed E-state index contributed by atoms with van der Waals surface area (Å²) in [6, 6.07) is 11.6. The number of pyridine rings is 1. The van der Waals surface area contributed by atoms with Crippen LogP contribution < -0.4 is 15.9 Å². The molecular formula is C21H20N4O4. The van der Waals surface area contributed by atoms with Gasteiger partial charge in [0.1, 0.15) is 11.6 Å². The van der Waals surface area contributed by atoms with Crippen LogP contribution in [0.4, 0.5) is 0 Å². The second kappa shape index (κ2) is 7.75. The van der Waals surface area contributed by atoms with Gasteiger partial charge < -0.3 is 19.6 Å². The van der Waals surface area contributed by atoms with E-state index in [1.807, 2.05) is 0 Å². The van der Waals surface area contributed by atoms with Crippen molar-refractivity contribution in [3.8, 4) is 17.0 Å². The molecule has 0 unspecified atom stereocenters. The van der Waals surface area contributed by atoms with E-state index in [0.717, 1.165) is 0 Å². The van der Waals surface area contributed by atoms with Gasteiger partial charge in [-0.05, 0) is 36.8 Å². The van der Waals surface area contributed by atoms with Crippen LogP contribution in [0.3, 0.4) is 0 Å². The summed E-state index contributed by atoms with van der Waals surface area (Å²) >= 11 is 0. The number of likely N-dealkylation sites (tertiary alicyclic amines) is 1. The van der Waals surface area contributed by atoms with Crippen LogP contribution in [0.1, 0.15) is 28.5 Å². The fraction of sp³-hybridized carbons (Fsp3) is 0.238. The zero-order chi connectivity index (χ0) is 20.4. The second-order valence-corrected chi connectivity index (χ2v) is 6.90. The summed E-state index contributed by atoms with van der Waals surface area (Å²) in [5, 5.41) is 0. The van der Waals surface area contributed by atoms with Crippen molar-refractivity contribution in [2.24, 2.45) is 0 Å². The fourth-order valence-electron chi connectivity index (χ4n) is 3.54. The molecule has 0 aliphatic carbocycles. The smallest absolute Gasteiger partial charge is 0.257 e. The molecule has 0 bridgehead atoms. The van der Waals surface area contributed by atoms with Crippen LogP contribution >= 0.6 is 0 Å². The summed E-state index contributed by atoms with van der Waals surface area (Å²) in [5.74, 6) is 0.902. The molecule has 3 aromatic rings. The van der Waals surface area contributed by atoms with Gasteiger partial charge in [-0.1, -0.05) is 6.07 Å². The minimum atomic E-state index is -0.328. The van der Waals surface area contributed by atoms with E-state index in [-0.39, 0.29) is 22.9 Å². The number of H-pyrrole nitrogens is 2. The minimum Gasteiger partial charge on any atom is -0.497 e. The van der Waals surface area contributed by atoms with Crippen LogP contribution in [0.2, 0.25) is 0 Å². The summed E-state index contributed by atoms with van der Waals surface area (Å²) in [5.41, 5.74) is 0.574. The maximum Gasteiger partial charge on any atom is 0.257 e. The second-order valence-electron chi connectivity index (χ2n) is 6.90. The van der Waals surface area contributed by atoms with E-state index in [9.17, 15) is 14.4 Å². The highest BCUT2D eigenvalue weighted by Gasteiger charge is 2.30. The highest BCUT2D eigenvalue weighted by atomic mass is 16.5. The first kappa shape index (κ1) is 18.7. The topological polar surface area (TPSA) is 108 Å². The molecule has 1 fully saturated rings. The number of aromatic nitrogens is 3. The Morgan fingerprint density at radius 1 is 1.21 bits per heavy atom. The molecule has 1 aromatic carbocycles. The Morgan fingerprint density at radius 3 is 2.86 bits per heavy atom. The molecule has 2 N–H and O–H groups in total. The molecule has 4 rings (SSSR count). The average molecular weight is 392 g/mol. The normalized spacial score (nSPS) is 16.0. The van der Waals surface area contributed by atoms with E-state index in [0.29, 0.717) is 47.9 Å². The Labute approximate surface area is 166 Å². The molecule has 8 heteroatoms. The average Bonchev–Trinajstić information content (AvgIpc) is 3.23. The van der Waals surface area contributed by atoms with Crippen molar-refractivity contribution in [3.05, 3.63) is 80.8 Å². The number of hydrogen-bond acceptors (Lipinski definition) is 5. The molecule has 1 aliphatic rings. The lowest BCUT2D eigenvalue weighted by Crippen LogP contribution is -2.29. The van der Waals surface area contributed by atoms with E-state index in [1.54, 1.807) is 48.4 Å². The molecule has 1 atom stereocenters. The van der Waals surface area contributed by atoms with E-state index < -0.39 is 0 Å². The van der Waals surface area contributed by atoms with Crippen molar-refractivity contribution in [1.29, 1.82) is 0 Å². The molecule has 1 aliphatic heterocycles. The Hall–Kier alpha value is -3.68. The van der Waals surface area contributed by atoms with Crippen LogP contribution in [0.25, 0.3) is 11.3 Å². The number of nitrogens with one attached hydrogen (secondary N) is 2. The Balaban J connectivity index is 1.58. The highest BCUT2D eigenvalue weighted by molar-refractivity contribution is 5.94. The van der Waals surface area contributed by atoms with Crippen LogP contribution in [-0.2, 0) is 0 Å². The molecule has 1 amide bonds. The Kier molecular flexibility index (Phi) is 4.99. The summed E-state index contributed by atoms with van der Waals surface area (Å²) in [4.78, 5) is 48.6. The Bertz CT molecular complexity index is 1170. The lowest BCUT2D eigenvalue weighted by atomic mass is 10.1. The van der Waals surface area contributed by atoms with E-state index >= 15 is 0 Å². The van der Waals surface area contributed by atoms with Gasteiger partial charge in [0.15, 0.2) is 0 Å². The third-order valence-electron chi connectivity index (χ3n) is 5.03. The third-order valence-corrected chi connectivity index (χ3v) is 5.03. The summed E-state index contributed by atoms with van der Waals surface area (Å²) in [7, 11) is 1.56. The van der Waals surface area contributed by atoms with E-state index in [4.69, 9.17) is 4.74 Å². The molecule has 1 saturated heterocycles. The molecule has 8 nitrogen and oxygen atoms in total. The van der Waals surface area contributed by atoms with Crippen LogP contribution in [0.15, 0.2) is 58.3 Å². The van der Waals surface area contributed by atoms with Gasteiger partial charge in [0.05, 0.1) is 18.4 Å². The number of rotatable bonds is 4. The molecule has 0 spiro atoms. The van der Waals surface area contributed by atoms with Gasteiger partial charge in [0.25, 0.3) is 17.0 Å². The van der Waals surface area contributed by atoms with Gasteiger partial charge in [-0.2, -0.15) is 0 Å². The number of carbonyl (C=O) groups is 1. The number of benzene rings is 1. The lowest BCUT2D eigenvalue weighted by molar-refractivity contribution is 0.0790. The molecule has 2 aromatic heterocycles. The van der Waals surface area contributed by atoms with Gasteiger partial charge in [-0.3, -0.25) is 14.4 Å². The Morgan fingerprint density at radius 2 is 2.07 bits per heavy atom. The molecule has 29 heavy (non-hydrogen) atoms. The van der Waals surface area contributed by atoms with E-state index in [2.05, 4.69) is 15.0 Å². The van der Waals surface area contributed by atoms with Gasteiger partial charge in [0.2, 0.25) is 0 Å². The molecule has 0 radical (unpaired) electrons. The maximum absolute atomic E-state index is 12.8. The van der Waals surface area contributed by atoms with Gasteiger partial charge in [0, 0.05) is 36.8 Å². The maximum atomic E-state index is 12.8.